The first-order valence-corrected chi connectivity index (χ1v) is 12.7. The molecule has 0 spiro atoms. The Bertz CT molecular complexity index is 1150. The van der Waals surface area contributed by atoms with Gasteiger partial charge in [-0.25, -0.2) is 28.2 Å². The number of rotatable bonds is 6. The summed E-state index contributed by atoms with van der Waals surface area (Å²) in [7, 11) is -3.43. The summed E-state index contributed by atoms with van der Waals surface area (Å²) in [6, 6.07) is 2.89. The van der Waals surface area contributed by atoms with E-state index in [9.17, 15) is 18.0 Å². The van der Waals surface area contributed by atoms with Crippen molar-refractivity contribution in [3.63, 3.8) is 0 Å². The van der Waals surface area contributed by atoms with Gasteiger partial charge >= 0.3 is 6.09 Å². The molecule has 184 valence electrons. The maximum atomic E-state index is 12.4. The second-order valence-corrected chi connectivity index (χ2v) is 11.0. The average molecular weight is 492 g/mol. The maximum Gasteiger partial charge on any atom is 0.410 e. The molecule has 11 nitrogen and oxygen atoms in total. The van der Waals surface area contributed by atoms with Crippen molar-refractivity contribution in [1.29, 1.82) is 0 Å². The lowest BCUT2D eigenvalue weighted by molar-refractivity contribution is 0.0122. The van der Waals surface area contributed by atoms with Gasteiger partial charge in [0.15, 0.2) is 20.6 Å². The lowest BCUT2D eigenvalue weighted by atomic mass is 10.1. The van der Waals surface area contributed by atoms with Crippen LogP contribution in [0.15, 0.2) is 29.7 Å². The van der Waals surface area contributed by atoms with Gasteiger partial charge in [0.05, 0.1) is 11.9 Å². The molecule has 0 radical (unpaired) electrons. The number of nitrogens with one attached hydrogen (secondary N) is 1. The largest absolute Gasteiger partial charge is 0.474 e. The summed E-state index contributed by atoms with van der Waals surface area (Å²) in [5.41, 5.74) is 0.0562. The van der Waals surface area contributed by atoms with Gasteiger partial charge in [-0.1, -0.05) is 0 Å². The van der Waals surface area contributed by atoms with Crippen LogP contribution in [0, 0.1) is 0 Å². The number of sulfone groups is 1. The summed E-state index contributed by atoms with van der Waals surface area (Å²) in [5.74, 6) is 0.0593. The molecule has 0 atom stereocenters. The number of hydrogen-bond donors (Lipinski definition) is 1. The number of carbonyl (C=O) groups is 2. The Kier molecular flexibility index (Phi) is 7.39. The molecule has 0 saturated carbocycles. The quantitative estimate of drug-likeness (QED) is 0.599. The molecule has 1 N–H and O–H groups in total. The first-order valence-electron chi connectivity index (χ1n) is 10.8. The molecule has 3 heterocycles. The predicted molar refractivity (Wildman–Crippen MR) is 124 cm³/mol. The van der Waals surface area contributed by atoms with E-state index in [1.165, 1.54) is 31.6 Å². The minimum atomic E-state index is -3.43. The summed E-state index contributed by atoms with van der Waals surface area (Å²) >= 11 is 0. The molecule has 2 aromatic heterocycles. The number of likely N-dealkylation sites (tertiary alicyclic amines) is 1. The minimum absolute atomic E-state index is 0.0609. The van der Waals surface area contributed by atoms with Gasteiger partial charge < -0.3 is 19.7 Å². The number of pyridine rings is 1. The Labute approximate surface area is 198 Å². The third kappa shape index (κ3) is 6.62. The maximum absolute atomic E-state index is 12.4. The number of carbonyl (C=O) groups excluding carboxylic acids is 2. The van der Waals surface area contributed by atoms with E-state index < -0.39 is 15.4 Å². The van der Waals surface area contributed by atoms with E-state index >= 15 is 0 Å². The van der Waals surface area contributed by atoms with Crippen LogP contribution in [0.5, 0.6) is 5.88 Å². The second kappa shape index (κ2) is 9.92. The standard InChI is InChI=1S/C22H29N5O6S/c1-14(28)18-19(26-15-6-7-17(23-12-15)34(5,30)31)24-13-25-20(18)32-16-8-10-27(11-9-16)21(29)33-22(2,3)4/h6-7,12-13,16H,8-11H2,1-5H3,(H,24,25,26). The van der Waals surface area contributed by atoms with E-state index in [0.717, 1.165) is 6.26 Å². The zero-order chi connectivity index (χ0) is 25.1. The van der Waals surface area contributed by atoms with Crippen molar-refractivity contribution >= 4 is 33.2 Å². The van der Waals surface area contributed by atoms with Gasteiger partial charge in [-0.15, -0.1) is 0 Å². The number of amides is 1. The van der Waals surface area contributed by atoms with E-state index in [0.29, 0.717) is 31.6 Å². The highest BCUT2D eigenvalue weighted by atomic mass is 32.2. The number of anilines is 2. The van der Waals surface area contributed by atoms with Crippen molar-refractivity contribution in [2.75, 3.05) is 24.7 Å². The molecule has 0 aromatic carbocycles. The number of ketones is 1. The molecule has 0 aliphatic carbocycles. The summed E-state index contributed by atoms with van der Waals surface area (Å²) in [4.78, 5) is 38.5. The number of aromatic nitrogens is 3. The monoisotopic (exact) mass is 491 g/mol. The highest BCUT2D eigenvalue weighted by Crippen LogP contribution is 2.28. The van der Waals surface area contributed by atoms with Crippen LogP contribution in [0.4, 0.5) is 16.3 Å². The van der Waals surface area contributed by atoms with Crippen LogP contribution in [-0.4, -0.2) is 71.2 Å². The molecule has 1 fully saturated rings. The fourth-order valence-electron chi connectivity index (χ4n) is 3.32. The van der Waals surface area contributed by atoms with E-state index in [2.05, 4.69) is 20.3 Å². The molecule has 1 aliphatic heterocycles. The van der Waals surface area contributed by atoms with Crippen molar-refractivity contribution in [2.45, 2.75) is 57.3 Å². The highest BCUT2D eigenvalue weighted by Gasteiger charge is 2.29. The Morgan fingerprint density at radius 3 is 2.32 bits per heavy atom. The van der Waals surface area contributed by atoms with E-state index in [1.54, 1.807) is 4.90 Å². The molecular formula is C22H29N5O6S. The Morgan fingerprint density at radius 2 is 1.79 bits per heavy atom. The van der Waals surface area contributed by atoms with Crippen LogP contribution in [-0.2, 0) is 14.6 Å². The lowest BCUT2D eigenvalue weighted by Gasteiger charge is -2.33. The van der Waals surface area contributed by atoms with Crippen LogP contribution in [0.1, 0.15) is 50.9 Å². The van der Waals surface area contributed by atoms with Crippen LogP contribution in [0.25, 0.3) is 0 Å². The van der Waals surface area contributed by atoms with E-state index in [1.807, 2.05) is 20.8 Å². The number of hydrogen-bond acceptors (Lipinski definition) is 10. The summed E-state index contributed by atoms with van der Waals surface area (Å²) < 4.78 is 34.7. The molecule has 0 unspecified atom stereocenters. The van der Waals surface area contributed by atoms with Gasteiger partial charge in [-0.2, -0.15) is 0 Å². The zero-order valence-corrected chi connectivity index (χ0v) is 20.7. The Balaban J connectivity index is 1.71. The number of ether oxygens (including phenoxy) is 2. The predicted octanol–water partition coefficient (Wildman–Crippen LogP) is 3.00. The van der Waals surface area contributed by atoms with Crippen molar-refractivity contribution in [3.05, 3.63) is 30.2 Å². The molecule has 1 saturated heterocycles. The van der Waals surface area contributed by atoms with Gasteiger partial charge in [0.25, 0.3) is 0 Å². The SMILES string of the molecule is CC(=O)c1c(Nc2ccc(S(C)(=O)=O)nc2)ncnc1OC1CCN(C(=O)OC(C)(C)C)CC1. The topological polar surface area (TPSA) is 141 Å². The summed E-state index contributed by atoms with van der Waals surface area (Å²) in [6.07, 6.45) is 4.20. The highest BCUT2D eigenvalue weighted by molar-refractivity contribution is 7.90. The van der Waals surface area contributed by atoms with Crippen LogP contribution >= 0.6 is 0 Å². The molecule has 1 aliphatic rings. The average Bonchev–Trinajstić information content (AvgIpc) is 2.72. The third-order valence-corrected chi connectivity index (χ3v) is 5.92. The number of Topliss-reactive ketones (excluding diaryl/α,β-unsaturated/α-hetero) is 1. The fourth-order valence-corrected chi connectivity index (χ4v) is 3.88. The Hall–Kier alpha value is -3.28. The van der Waals surface area contributed by atoms with Crippen LogP contribution < -0.4 is 10.1 Å². The molecule has 1 amide bonds. The zero-order valence-electron chi connectivity index (χ0n) is 19.9. The molecule has 3 rings (SSSR count). The molecule has 12 heteroatoms. The van der Waals surface area contributed by atoms with Crippen molar-refractivity contribution < 1.29 is 27.5 Å². The van der Waals surface area contributed by atoms with E-state index in [-0.39, 0.29) is 40.3 Å². The van der Waals surface area contributed by atoms with Crippen LogP contribution in [0.2, 0.25) is 0 Å². The van der Waals surface area contributed by atoms with Crippen molar-refractivity contribution in [3.8, 4) is 5.88 Å². The summed E-state index contributed by atoms with van der Waals surface area (Å²) in [5, 5.41) is 2.91. The summed E-state index contributed by atoms with van der Waals surface area (Å²) in [6.45, 7) is 7.77. The molecule has 2 aromatic rings. The minimum Gasteiger partial charge on any atom is -0.474 e. The van der Waals surface area contributed by atoms with Gasteiger partial charge in [0.1, 0.15) is 29.4 Å². The molecular weight excluding hydrogens is 462 g/mol. The van der Waals surface area contributed by atoms with Crippen LogP contribution in [0.3, 0.4) is 0 Å². The van der Waals surface area contributed by atoms with Gasteiger partial charge in [-0.05, 0) is 39.8 Å². The van der Waals surface area contributed by atoms with Crippen molar-refractivity contribution in [1.82, 2.24) is 19.9 Å². The molecule has 0 bridgehead atoms. The normalized spacial score (nSPS) is 15.0. The third-order valence-electron chi connectivity index (χ3n) is 4.92. The fraction of sp³-hybridized carbons (Fsp3) is 0.500. The first kappa shape index (κ1) is 25.3. The lowest BCUT2D eigenvalue weighted by Crippen LogP contribution is -2.44. The first-order chi connectivity index (χ1) is 15.8. The van der Waals surface area contributed by atoms with Crippen molar-refractivity contribution in [2.24, 2.45) is 0 Å². The number of piperidine rings is 1. The van der Waals surface area contributed by atoms with Gasteiger partial charge in [0.2, 0.25) is 5.88 Å². The van der Waals surface area contributed by atoms with Gasteiger partial charge in [0, 0.05) is 32.2 Å². The smallest absolute Gasteiger partial charge is 0.410 e. The van der Waals surface area contributed by atoms with E-state index in [4.69, 9.17) is 9.47 Å². The second-order valence-electron chi connectivity index (χ2n) is 9.03. The number of nitrogens with zero attached hydrogens (tertiary/aromatic N) is 4. The molecule has 34 heavy (non-hydrogen) atoms. The van der Waals surface area contributed by atoms with Gasteiger partial charge in [-0.3, -0.25) is 4.79 Å². The Morgan fingerprint density at radius 1 is 1.12 bits per heavy atom.